The lowest BCUT2D eigenvalue weighted by atomic mass is 9.99. The number of rotatable bonds is 4. The van der Waals surface area contributed by atoms with Crippen molar-refractivity contribution in [1.29, 1.82) is 0 Å². The van der Waals surface area contributed by atoms with Crippen molar-refractivity contribution < 1.29 is 0 Å². The molecule has 0 aromatic carbocycles. The normalized spacial score (nSPS) is 15.7. The summed E-state index contributed by atoms with van der Waals surface area (Å²) in [5.74, 6) is 0.681. The van der Waals surface area contributed by atoms with E-state index in [1.54, 1.807) is 0 Å². The van der Waals surface area contributed by atoms with Crippen LogP contribution in [0.1, 0.15) is 18.7 Å². The highest BCUT2D eigenvalue weighted by molar-refractivity contribution is 9.10. The molecule has 1 aromatic heterocycles. The molecule has 0 aliphatic heterocycles. The second-order valence-corrected chi connectivity index (χ2v) is 5.31. The van der Waals surface area contributed by atoms with Crippen LogP contribution in [-0.4, -0.2) is 13.1 Å². The maximum absolute atomic E-state index is 3.56. The second kappa shape index (κ2) is 5.13. The molecule has 1 nitrogen and oxygen atoms in total. The minimum absolute atomic E-state index is 0.578. The van der Waals surface area contributed by atoms with E-state index < -0.39 is 0 Å². The van der Waals surface area contributed by atoms with Crippen molar-refractivity contribution in [3.8, 4) is 0 Å². The summed E-state index contributed by atoms with van der Waals surface area (Å²) in [7, 11) is 2.02. The Kier molecular flexibility index (Phi) is 4.42. The summed E-state index contributed by atoms with van der Waals surface area (Å²) < 4.78 is 1.26. The van der Waals surface area contributed by atoms with Crippen LogP contribution in [0, 0.1) is 5.92 Å². The molecular weight excluding hydrogens is 246 g/mol. The molecule has 0 saturated carbocycles. The Hall–Kier alpha value is 0.140. The summed E-state index contributed by atoms with van der Waals surface area (Å²) >= 11 is 5.39. The Morgan fingerprint density at radius 2 is 2.23 bits per heavy atom. The zero-order chi connectivity index (χ0) is 9.84. The average molecular weight is 262 g/mol. The molecule has 3 heteroatoms. The van der Waals surface area contributed by atoms with Crippen LogP contribution in [0.3, 0.4) is 0 Å². The standard InChI is InChI=1S/C10H16BrNS/c1-7(8(2)12-3)6-10-9(11)4-5-13-10/h4-5,7-8,12H,6H2,1-3H3. The predicted molar refractivity (Wildman–Crippen MR) is 63.4 cm³/mol. The van der Waals surface area contributed by atoms with E-state index in [4.69, 9.17) is 0 Å². The van der Waals surface area contributed by atoms with Crippen LogP contribution in [0.25, 0.3) is 0 Å². The molecule has 0 bridgehead atoms. The van der Waals surface area contributed by atoms with Gasteiger partial charge in [0.1, 0.15) is 0 Å². The van der Waals surface area contributed by atoms with Crippen LogP contribution in [0.4, 0.5) is 0 Å². The van der Waals surface area contributed by atoms with Crippen molar-refractivity contribution in [3.63, 3.8) is 0 Å². The molecule has 1 rings (SSSR count). The fourth-order valence-corrected chi connectivity index (χ4v) is 2.88. The summed E-state index contributed by atoms with van der Waals surface area (Å²) in [6, 6.07) is 2.70. The maximum atomic E-state index is 3.56. The number of hydrogen-bond acceptors (Lipinski definition) is 2. The molecule has 1 aromatic rings. The quantitative estimate of drug-likeness (QED) is 0.877. The van der Waals surface area contributed by atoms with Crippen molar-refractivity contribution >= 4 is 27.3 Å². The van der Waals surface area contributed by atoms with Crippen LogP contribution in [0.15, 0.2) is 15.9 Å². The Balaban J connectivity index is 2.54. The highest BCUT2D eigenvalue weighted by atomic mass is 79.9. The van der Waals surface area contributed by atoms with E-state index in [1.807, 2.05) is 18.4 Å². The highest BCUT2D eigenvalue weighted by Gasteiger charge is 2.12. The maximum Gasteiger partial charge on any atom is 0.0314 e. The topological polar surface area (TPSA) is 12.0 Å². The van der Waals surface area contributed by atoms with Gasteiger partial charge in [0.25, 0.3) is 0 Å². The molecule has 74 valence electrons. The number of thiophene rings is 1. The molecule has 0 spiro atoms. The van der Waals surface area contributed by atoms with Gasteiger partial charge < -0.3 is 5.32 Å². The van der Waals surface area contributed by atoms with E-state index in [9.17, 15) is 0 Å². The number of hydrogen-bond donors (Lipinski definition) is 1. The first-order valence-corrected chi connectivity index (χ1v) is 6.21. The van der Waals surface area contributed by atoms with Crippen molar-refractivity contribution in [1.82, 2.24) is 5.32 Å². The largest absolute Gasteiger partial charge is 0.317 e. The Bertz CT molecular complexity index is 259. The van der Waals surface area contributed by atoms with E-state index in [2.05, 4.69) is 46.5 Å². The van der Waals surface area contributed by atoms with Crippen LogP contribution in [0.2, 0.25) is 0 Å². The molecule has 0 aliphatic carbocycles. The van der Waals surface area contributed by atoms with Gasteiger partial charge in [-0.1, -0.05) is 6.92 Å². The molecular formula is C10H16BrNS. The van der Waals surface area contributed by atoms with E-state index in [0.717, 1.165) is 6.42 Å². The lowest BCUT2D eigenvalue weighted by Gasteiger charge is -2.18. The fraction of sp³-hybridized carbons (Fsp3) is 0.600. The first-order valence-electron chi connectivity index (χ1n) is 4.54. The van der Waals surface area contributed by atoms with Gasteiger partial charge in [0.2, 0.25) is 0 Å². The monoisotopic (exact) mass is 261 g/mol. The zero-order valence-electron chi connectivity index (χ0n) is 8.30. The van der Waals surface area contributed by atoms with Crippen LogP contribution in [-0.2, 0) is 6.42 Å². The van der Waals surface area contributed by atoms with E-state index in [1.165, 1.54) is 9.35 Å². The molecule has 0 fully saturated rings. The third-order valence-electron chi connectivity index (χ3n) is 2.51. The molecule has 0 radical (unpaired) electrons. The average Bonchev–Trinajstić information content (AvgIpc) is 2.50. The molecule has 2 unspecified atom stereocenters. The summed E-state index contributed by atoms with van der Waals surface area (Å²) in [6.07, 6.45) is 1.15. The molecule has 1 N–H and O–H groups in total. The lowest BCUT2D eigenvalue weighted by Crippen LogP contribution is -2.29. The fourth-order valence-electron chi connectivity index (χ4n) is 1.22. The van der Waals surface area contributed by atoms with Gasteiger partial charge in [-0.2, -0.15) is 0 Å². The predicted octanol–water partition coefficient (Wildman–Crippen LogP) is 3.30. The van der Waals surface area contributed by atoms with Crippen molar-refractivity contribution in [2.75, 3.05) is 7.05 Å². The minimum Gasteiger partial charge on any atom is -0.317 e. The van der Waals surface area contributed by atoms with Crippen LogP contribution in [0.5, 0.6) is 0 Å². The van der Waals surface area contributed by atoms with Gasteiger partial charge in [0.05, 0.1) is 0 Å². The molecule has 0 aliphatic rings. The van der Waals surface area contributed by atoms with Crippen molar-refractivity contribution in [2.24, 2.45) is 5.92 Å². The Labute approximate surface area is 92.7 Å². The van der Waals surface area contributed by atoms with Crippen molar-refractivity contribution in [3.05, 3.63) is 20.8 Å². The first-order chi connectivity index (χ1) is 6.15. The summed E-state index contributed by atoms with van der Waals surface area (Å²) in [4.78, 5) is 1.45. The van der Waals surface area contributed by atoms with Gasteiger partial charge in [0.15, 0.2) is 0 Å². The zero-order valence-corrected chi connectivity index (χ0v) is 10.7. The van der Waals surface area contributed by atoms with Crippen LogP contribution < -0.4 is 5.32 Å². The summed E-state index contributed by atoms with van der Waals surface area (Å²) in [5.41, 5.74) is 0. The van der Waals surface area contributed by atoms with Gasteiger partial charge in [-0.05, 0) is 53.7 Å². The first kappa shape index (κ1) is 11.2. The number of nitrogens with one attached hydrogen (secondary N) is 1. The van der Waals surface area contributed by atoms with Crippen LogP contribution >= 0.6 is 27.3 Å². The number of halogens is 1. The lowest BCUT2D eigenvalue weighted by molar-refractivity contribution is 0.426. The molecule has 1 heterocycles. The SMILES string of the molecule is CNC(C)C(C)Cc1sccc1Br. The van der Waals surface area contributed by atoms with Gasteiger partial charge in [-0.25, -0.2) is 0 Å². The Morgan fingerprint density at radius 1 is 1.54 bits per heavy atom. The third-order valence-corrected chi connectivity index (χ3v) is 4.46. The van der Waals surface area contributed by atoms with Gasteiger partial charge in [-0.3, -0.25) is 0 Å². The highest BCUT2D eigenvalue weighted by Crippen LogP contribution is 2.26. The van der Waals surface area contributed by atoms with E-state index >= 15 is 0 Å². The minimum atomic E-state index is 0.578. The second-order valence-electron chi connectivity index (χ2n) is 3.45. The van der Waals surface area contributed by atoms with Gasteiger partial charge in [-0.15, -0.1) is 11.3 Å². The van der Waals surface area contributed by atoms with Gasteiger partial charge in [0, 0.05) is 15.4 Å². The summed E-state index contributed by atoms with van der Waals surface area (Å²) in [6.45, 7) is 4.51. The summed E-state index contributed by atoms with van der Waals surface area (Å²) in [5, 5.41) is 5.42. The molecule has 0 saturated heterocycles. The molecule has 13 heavy (non-hydrogen) atoms. The molecule has 0 amide bonds. The third kappa shape index (κ3) is 3.08. The van der Waals surface area contributed by atoms with E-state index in [0.29, 0.717) is 12.0 Å². The Morgan fingerprint density at radius 3 is 2.69 bits per heavy atom. The molecule has 2 atom stereocenters. The van der Waals surface area contributed by atoms with Gasteiger partial charge >= 0.3 is 0 Å². The van der Waals surface area contributed by atoms with Crippen molar-refractivity contribution in [2.45, 2.75) is 26.3 Å². The smallest absolute Gasteiger partial charge is 0.0314 e. The van der Waals surface area contributed by atoms with E-state index in [-0.39, 0.29) is 0 Å².